The Bertz CT molecular complexity index is 159. The normalized spacial score (nSPS) is 12.5. The molecular weight excluding hydrogens is 196 g/mol. The molecule has 0 saturated carbocycles. The van der Waals surface area contributed by atoms with Gasteiger partial charge in [0.25, 0.3) is 0 Å². The highest BCUT2D eigenvalue weighted by Crippen LogP contribution is 2.03. The monoisotopic (exact) mass is 218 g/mol. The lowest BCUT2D eigenvalue weighted by Gasteiger charge is -2.17. The van der Waals surface area contributed by atoms with Gasteiger partial charge in [-0.15, -0.1) is 0 Å². The molecule has 0 aromatic carbocycles. The molecule has 1 atom stereocenters. The smallest absolute Gasteiger partial charge is 0.304 e. The van der Waals surface area contributed by atoms with Gasteiger partial charge in [0.05, 0.1) is 13.2 Å². The van der Waals surface area contributed by atoms with Crippen molar-refractivity contribution >= 4 is 5.97 Å². The summed E-state index contributed by atoms with van der Waals surface area (Å²) in [5.41, 5.74) is 0. The highest BCUT2D eigenvalue weighted by molar-refractivity contribution is 5.66. The third-order valence-electron chi connectivity index (χ3n) is 1.65. The quantitative estimate of drug-likeness (QED) is 0.338. The van der Waals surface area contributed by atoms with E-state index in [0.29, 0.717) is 19.6 Å². The zero-order chi connectivity index (χ0) is 11.5. The fourth-order valence-electron chi connectivity index (χ4n) is 1.04. The van der Waals surface area contributed by atoms with E-state index >= 15 is 0 Å². The van der Waals surface area contributed by atoms with Gasteiger partial charge >= 0.3 is 5.97 Å². The SMILES string of the molecule is CCCOCCC(OCCC)OC(C)=O. The lowest BCUT2D eigenvalue weighted by molar-refractivity contribution is -0.179. The number of hydrogen-bond acceptors (Lipinski definition) is 4. The second-order valence-corrected chi connectivity index (χ2v) is 3.31. The molecule has 0 heterocycles. The van der Waals surface area contributed by atoms with Crippen LogP contribution >= 0.6 is 0 Å². The Morgan fingerprint density at radius 2 is 1.80 bits per heavy atom. The van der Waals surface area contributed by atoms with E-state index in [1.54, 1.807) is 0 Å². The molecule has 0 amide bonds. The van der Waals surface area contributed by atoms with Crippen molar-refractivity contribution in [2.24, 2.45) is 0 Å². The second kappa shape index (κ2) is 9.93. The molecule has 0 aromatic heterocycles. The van der Waals surface area contributed by atoms with E-state index in [1.165, 1.54) is 6.92 Å². The fraction of sp³-hybridized carbons (Fsp3) is 0.909. The summed E-state index contributed by atoms with van der Waals surface area (Å²) in [7, 11) is 0. The van der Waals surface area contributed by atoms with Gasteiger partial charge in [-0.2, -0.15) is 0 Å². The van der Waals surface area contributed by atoms with Crippen LogP contribution in [-0.4, -0.2) is 32.1 Å². The summed E-state index contributed by atoms with van der Waals surface area (Å²) in [4.78, 5) is 10.8. The van der Waals surface area contributed by atoms with Gasteiger partial charge in [0.15, 0.2) is 0 Å². The van der Waals surface area contributed by atoms with Gasteiger partial charge in [-0.1, -0.05) is 13.8 Å². The average molecular weight is 218 g/mol. The van der Waals surface area contributed by atoms with Crippen molar-refractivity contribution in [3.8, 4) is 0 Å². The van der Waals surface area contributed by atoms with Crippen LogP contribution in [0, 0.1) is 0 Å². The molecule has 0 aliphatic heterocycles. The summed E-state index contributed by atoms with van der Waals surface area (Å²) in [6, 6.07) is 0. The third-order valence-corrected chi connectivity index (χ3v) is 1.65. The third kappa shape index (κ3) is 9.69. The van der Waals surface area contributed by atoms with Gasteiger partial charge < -0.3 is 14.2 Å². The minimum absolute atomic E-state index is 0.313. The minimum Gasteiger partial charge on any atom is -0.436 e. The van der Waals surface area contributed by atoms with E-state index in [2.05, 4.69) is 6.92 Å². The Hall–Kier alpha value is -0.610. The Morgan fingerprint density at radius 3 is 2.33 bits per heavy atom. The zero-order valence-electron chi connectivity index (χ0n) is 9.95. The number of carbonyl (C=O) groups is 1. The maximum Gasteiger partial charge on any atom is 0.304 e. The summed E-state index contributed by atoms with van der Waals surface area (Å²) in [5.74, 6) is -0.313. The summed E-state index contributed by atoms with van der Waals surface area (Å²) in [5, 5.41) is 0. The first kappa shape index (κ1) is 14.4. The van der Waals surface area contributed by atoms with Crippen molar-refractivity contribution in [2.45, 2.75) is 46.3 Å². The van der Waals surface area contributed by atoms with Gasteiger partial charge in [-0.25, -0.2) is 0 Å². The molecule has 4 nitrogen and oxygen atoms in total. The van der Waals surface area contributed by atoms with E-state index in [9.17, 15) is 4.79 Å². The van der Waals surface area contributed by atoms with Gasteiger partial charge in [0.2, 0.25) is 6.29 Å². The first-order valence-electron chi connectivity index (χ1n) is 5.57. The maximum atomic E-state index is 10.8. The van der Waals surface area contributed by atoms with Crippen LogP contribution in [0.25, 0.3) is 0 Å². The summed E-state index contributed by atoms with van der Waals surface area (Å²) in [6.45, 7) is 7.35. The van der Waals surface area contributed by atoms with Gasteiger partial charge in [0, 0.05) is 20.0 Å². The first-order chi connectivity index (χ1) is 7.20. The molecule has 4 heteroatoms. The van der Waals surface area contributed by atoms with Crippen LogP contribution in [0.4, 0.5) is 0 Å². The molecule has 0 saturated heterocycles. The van der Waals surface area contributed by atoms with Crippen molar-refractivity contribution in [1.29, 1.82) is 0 Å². The average Bonchev–Trinajstić information content (AvgIpc) is 2.19. The molecule has 0 aromatic rings. The maximum absolute atomic E-state index is 10.8. The predicted molar refractivity (Wildman–Crippen MR) is 57.5 cm³/mol. The van der Waals surface area contributed by atoms with Crippen molar-refractivity contribution in [1.82, 2.24) is 0 Å². The predicted octanol–water partition coefficient (Wildman–Crippen LogP) is 2.12. The Morgan fingerprint density at radius 1 is 1.13 bits per heavy atom. The Balaban J connectivity index is 3.64. The van der Waals surface area contributed by atoms with Crippen molar-refractivity contribution < 1.29 is 19.0 Å². The lowest BCUT2D eigenvalue weighted by atomic mass is 10.4. The Kier molecular flexibility index (Phi) is 9.52. The number of carbonyl (C=O) groups excluding carboxylic acids is 1. The van der Waals surface area contributed by atoms with Crippen LogP contribution in [0.1, 0.15) is 40.0 Å². The molecule has 0 radical (unpaired) electrons. The molecule has 90 valence electrons. The molecular formula is C11H22O4. The molecule has 0 aliphatic carbocycles. The molecule has 0 spiro atoms. The Labute approximate surface area is 91.9 Å². The number of rotatable bonds is 9. The highest BCUT2D eigenvalue weighted by atomic mass is 16.7. The standard InChI is InChI=1S/C11H22O4/c1-4-7-13-9-6-11(14-8-5-2)15-10(3)12/h11H,4-9H2,1-3H3. The van der Waals surface area contributed by atoms with E-state index in [-0.39, 0.29) is 5.97 Å². The van der Waals surface area contributed by atoms with Gasteiger partial charge in [-0.05, 0) is 12.8 Å². The van der Waals surface area contributed by atoms with Crippen LogP contribution in [0.15, 0.2) is 0 Å². The van der Waals surface area contributed by atoms with Crippen molar-refractivity contribution in [3.05, 3.63) is 0 Å². The van der Waals surface area contributed by atoms with Crippen LogP contribution in [0.5, 0.6) is 0 Å². The topological polar surface area (TPSA) is 44.8 Å². The number of hydrogen-bond donors (Lipinski definition) is 0. The lowest BCUT2D eigenvalue weighted by Crippen LogP contribution is -2.22. The summed E-state index contributed by atoms with van der Waals surface area (Å²) >= 11 is 0. The van der Waals surface area contributed by atoms with Gasteiger partial charge in [0.1, 0.15) is 0 Å². The van der Waals surface area contributed by atoms with Crippen LogP contribution in [0.2, 0.25) is 0 Å². The largest absolute Gasteiger partial charge is 0.436 e. The molecule has 0 fully saturated rings. The second-order valence-electron chi connectivity index (χ2n) is 3.31. The number of ether oxygens (including phenoxy) is 3. The van der Waals surface area contributed by atoms with E-state index in [0.717, 1.165) is 19.4 Å². The van der Waals surface area contributed by atoms with E-state index < -0.39 is 6.29 Å². The zero-order valence-corrected chi connectivity index (χ0v) is 9.95. The summed E-state index contributed by atoms with van der Waals surface area (Å²) in [6.07, 6.45) is 2.04. The molecule has 0 rings (SSSR count). The molecule has 0 aliphatic rings. The molecule has 0 N–H and O–H groups in total. The molecule has 0 bridgehead atoms. The van der Waals surface area contributed by atoms with E-state index in [4.69, 9.17) is 14.2 Å². The van der Waals surface area contributed by atoms with Gasteiger partial charge in [-0.3, -0.25) is 4.79 Å². The van der Waals surface area contributed by atoms with Crippen molar-refractivity contribution in [2.75, 3.05) is 19.8 Å². The summed E-state index contributed by atoms with van der Waals surface area (Å²) < 4.78 is 15.7. The first-order valence-corrected chi connectivity index (χ1v) is 5.57. The van der Waals surface area contributed by atoms with E-state index in [1.807, 2.05) is 6.92 Å². The van der Waals surface area contributed by atoms with Crippen LogP contribution in [-0.2, 0) is 19.0 Å². The fourth-order valence-corrected chi connectivity index (χ4v) is 1.04. The minimum atomic E-state index is -0.459. The van der Waals surface area contributed by atoms with Crippen LogP contribution < -0.4 is 0 Å². The molecule has 1 unspecified atom stereocenters. The molecule has 15 heavy (non-hydrogen) atoms. The highest BCUT2D eigenvalue weighted by Gasteiger charge is 2.11. The number of esters is 1. The van der Waals surface area contributed by atoms with Crippen molar-refractivity contribution in [3.63, 3.8) is 0 Å². The van der Waals surface area contributed by atoms with Crippen LogP contribution in [0.3, 0.4) is 0 Å².